The first-order valence-corrected chi connectivity index (χ1v) is 12.7. The Bertz CT molecular complexity index is 1050. The van der Waals surface area contributed by atoms with Crippen molar-refractivity contribution in [2.45, 2.75) is 29.9 Å². The van der Waals surface area contributed by atoms with Gasteiger partial charge in [-0.15, -0.1) is 0 Å². The Morgan fingerprint density at radius 2 is 1.76 bits per heavy atom. The molecule has 0 amide bonds. The summed E-state index contributed by atoms with van der Waals surface area (Å²) in [5, 5.41) is 11.3. The molecule has 1 fully saturated rings. The highest BCUT2D eigenvalue weighted by Crippen LogP contribution is 2.30. The maximum Gasteiger partial charge on any atom is 0.240 e. The van der Waals surface area contributed by atoms with Gasteiger partial charge in [0.15, 0.2) is 11.5 Å². The summed E-state index contributed by atoms with van der Waals surface area (Å²) in [4.78, 5) is 2.12. The predicted molar refractivity (Wildman–Crippen MR) is 127 cm³/mol. The number of hydrogen-bond acceptors (Lipinski definition) is 7. The Labute approximate surface area is 204 Å². The first-order chi connectivity index (χ1) is 15.7. The summed E-state index contributed by atoms with van der Waals surface area (Å²) in [6.07, 6.45) is 0.751. The number of benzene rings is 2. The number of aliphatic hydroxyl groups is 1. The Morgan fingerprint density at radius 3 is 2.39 bits per heavy atom. The number of methoxy groups -OCH3 is 2. The fourth-order valence-corrected chi connectivity index (χ4v) is 4.96. The van der Waals surface area contributed by atoms with E-state index in [1.807, 2.05) is 0 Å². The Kier molecular flexibility index (Phi) is 9.09. The third-order valence-corrected chi connectivity index (χ3v) is 7.53. The van der Waals surface area contributed by atoms with Gasteiger partial charge in [0.2, 0.25) is 10.0 Å². The van der Waals surface area contributed by atoms with Crippen molar-refractivity contribution >= 4 is 33.2 Å². The minimum Gasteiger partial charge on any atom is -0.493 e. The van der Waals surface area contributed by atoms with Crippen molar-refractivity contribution in [2.75, 3.05) is 40.4 Å². The van der Waals surface area contributed by atoms with Crippen LogP contribution in [-0.4, -0.2) is 71.0 Å². The predicted octanol–water partition coefficient (Wildman–Crippen LogP) is 3.19. The first-order valence-electron chi connectivity index (χ1n) is 10.5. The molecule has 0 bridgehead atoms. The lowest BCUT2D eigenvalue weighted by Gasteiger charge is -2.33. The standard InChI is InChI=1S/C22H28Cl2N2O6S/c1-30-21-6-4-18(12-22(21)31-2)33(28,29)25-13-15(27)14-26-9-7-16(8-10-26)32-17-3-5-19(23)20(24)11-17/h3-6,11-12,15-16,25,27H,7-10,13-14H2,1-2H3/t15-/m0/s1. The maximum atomic E-state index is 12.6. The summed E-state index contributed by atoms with van der Waals surface area (Å²) < 4.78 is 43.9. The van der Waals surface area contributed by atoms with Crippen LogP contribution in [0.25, 0.3) is 0 Å². The van der Waals surface area contributed by atoms with E-state index in [0.29, 0.717) is 33.8 Å². The van der Waals surface area contributed by atoms with Gasteiger partial charge >= 0.3 is 0 Å². The second kappa shape index (κ2) is 11.6. The Hall–Kier alpha value is -1.75. The van der Waals surface area contributed by atoms with Gasteiger partial charge < -0.3 is 24.2 Å². The molecule has 33 heavy (non-hydrogen) atoms. The van der Waals surface area contributed by atoms with Crippen molar-refractivity contribution in [3.05, 3.63) is 46.4 Å². The summed E-state index contributed by atoms with van der Waals surface area (Å²) in [7, 11) is -0.898. The molecule has 2 N–H and O–H groups in total. The molecule has 182 valence electrons. The second-order valence-electron chi connectivity index (χ2n) is 7.72. The van der Waals surface area contributed by atoms with Gasteiger partial charge in [0.25, 0.3) is 0 Å². The zero-order valence-corrected chi connectivity index (χ0v) is 20.8. The number of sulfonamides is 1. The average Bonchev–Trinajstić information content (AvgIpc) is 2.81. The van der Waals surface area contributed by atoms with Crippen LogP contribution >= 0.6 is 23.2 Å². The van der Waals surface area contributed by atoms with Gasteiger partial charge in [0.1, 0.15) is 11.9 Å². The molecule has 0 aliphatic carbocycles. The quantitative estimate of drug-likeness (QED) is 0.498. The van der Waals surface area contributed by atoms with Crippen molar-refractivity contribution < 1.29 is 27.7 Å². The van der Waals surface area contributed by atoms with Gasteiger partial charge in [-0.3, -0.25) is 0 Å². The molecule has 2 aromatic rings. The van der Waals surface area contributed by atoms with Gasteiger partial charge in [-0.25, -0.2) is 13.1 Å². The SMILES string of the molecule is COc1ccc(S(=O)(=O)NC[C@H](O)CN2CCC(Oc3ccc(Cl)c(Cl)c3)CC2)cc1OC. The van der Waals surface area contributed by atoms with Gasteiger partial charge in [-0.1, -0.05) is 23.2 Å². The lowest BCUT2D eigenvalue weighted by atomic mass is 10.1. The van der Waals surface area contributed by atoms with Gasteiger partial charge in [0, 0.05) is 38.3 Å². The van der Waals surface area contributed by atoms with Crippen molar-refractivity contribution in [1.29, 1.82) is 0 Å². The summed E-state index contributed by atoms with van der Waals surface area (Å²) in [5.41, 5.74) is 0. The van der Waals surface area contributed by atoms with E-state index in [4.69, 9.17) is 37.4 Å². The van der Waals surface area contributed by atoms with Crippen molar-refractivity contribution in [3.63, 3.8) is 0 Å². The number of rotatable bonds is 10. The first kappa shape index (κ1) is 25.9. The van der Waals surface area contributed by atoms with E-state index in [1.165, 1.54) is 32.4 Å². The molecule has 0 aromatic heterocycles. The number of piperidine rings is 1. The normalized spacial score (nSPS) is 16.4. The summed E-state index contributed by atoms with van der Waals surface area (Å²) in [5.74, 6) is 1.42. The van der Waals surface area contributed by atoms with Crippen molar-refractivity contribution in [1.82, 2.24) is 9.62 Å². The lowest BCUT2D eigenvalue weighted by Crippen LogP contribution is -2.45. The Balaban J connectivity index is 1.45. The molecule has 3 rings (SSSR count). The smallest absolute Gasteiger partial charge is 0.240 e. The van der Waals surface area contributed by atoms with Crippen LogP contribution in [0.4, 0.5) is 0 Å². The molecular weight excluding hydrogens is 491 g/mol. The number of likely N-dealkylation sites (tertiary alicyclic amines) is 1. The monoisotopic (exact) mass is 518 g/mol. The minimum absolute atomic E-state index is 0.0348. The molecule has 1 aliphatic heterocycles. The molecule has 1 saturated heterocycles. The number of nitrogens with zero attached hydrogens (tertiary/aromatic N) is 1. The molecule has 0 spiro atoms. The van der Waals surface area contributed by atoms with E-state index in [-0.39, 0.29) is 17.5 Å². The molecule has 1 heterocycles. The van der Waals surface area contributed by atoms with Gasteiger partial charge in [-0.2, -0.15) is 0 Å². The van der Waals surface area contributed by atoms with Crippen LogP contribution in [-0.2, 0) is 10.0 Å². The molecule has 0 unspecified atom stereocenters. The van der Waals surface area contributed by atoms with Crippen LogP contribution in [0.1, 0.15) is 12.8 Å². The van der Waals surface area contributed by atoms with E-state index in [0.717, 1.165) is 25.9 Å². The zero-order chi connectivity index (χ0) is 24.0. The molecule has 1 atom stereocenters. The Morgan fingerprint density at radius 1 is 1.06 bits per heavy atom. The van der Waals surface area contributed by atoms with E-state index >= 15 is 0 Å². The number of hydrogen-bond donors (Lipinski definition) is 2. The largest absolute Gasteiger partial charge is 0.493 e. The molecule has 0 radical (unpaired) electrons. The minimum atomic E-state index is -3.81. The van der Waals surface area contributed by atoms with Crippen molar-refractivity contribution in [3.8, 4) is 17.2 Å². The van der Waals surface area contributed by atoms with E-state index < -0.39 is 16.1 Å². The third kappa shape index (κ3) is 7.11. The highest BCUT2D eigenvalue weighted by molar-refractivity contribution is 7.89. The van der Waals surface area contributed by atoms with Crippen LogP contribution < -0.4 is 18.9 Å². The molecule has 8 nitrogen and oxygen atoms in total. The average molecular weight is 519 g/mol. The van der Waals surface area contributed by atoms with Crippen LogP contribution in [0.15, 0.2) is 41.3 Å². The molecule has 11 heteroatoms. The molecule has 2 aromatic carbocycles. The zero-order valence-electron chi connectivity index (χ0n) is 18.5. The summed E-state index contributed by atoms with van der Waals surface area (Å²) in [6.45, 7) is 1.71. The second-order valence-corrected chi connectivity index (χ2v) is 10.3. The van der Waals surface area contributed by atoms with E-state index in [9.17, 15) is 13.5 Å². The number of ether oxygens (including phenoxy) is 3. The lowest BCUT2D eigenvalue weighted by molar-refractivity contribution is 0.0630. The van der Waals surface area contributed by atoms with Crippen LogP contribution in [0.5, 0.6) is 17.2 Å². The van der Waals surface area contributed by atoms with E-state index in [2.05, 4.69) is 9.62 Å². The fourth-order valence-electron chi connectivity index (χ4n) is 3.59. The summed E-state index contributed by atoms with van der Waals surface area (Å²) in [6, 6.07) is 9.52. The van der Waals surface area contributed by atoms with Crippen LogP contribution in [0.3, 0.4) is 0 Å². The van der Waals surface area contributed by atoms with Crippen molar-refractivity contribution in [2.24, 2.45) is 0 Å². The van der Waals surface area contributed by atoms with Crippen LogP contribution in [0.2, 0.25) is 10.0 Å². The van der Waals surface area contributed by atoms with Crippen LogP contribution in [0, 0.1) is 0 Å². The fraction of sp³-hybridized carbons (Fsp3) is 0.455. The molecule has 1 aliphatic rings. The number of β-amino-alcohol motifs (C(OH)–C–C–N with tert-alkyl or cyclic N) is 1. The topological polar surface area (TPSA) is 97.3 Å². The molecular formula is C22H28Cl2N2O6S. The summed E-state index contributed by atoms with van der Waals surface area (Å²) >= 11 is 12.0. The number of nitrogens with one attached hydrogen (secondary N) is 1. The van der Waals surface area contributed by atoms with Gasteiger partial charge in [0.05, 0.1) is 35.3 Å². The maximum absolute atomic E-state index is 12.6. The molecule has 0 saturated carbocycles. The van der Waals surface area contributed by atoms with Gasteiger partial charge in [-0.05, 0) is 37.1 Å². The highest BCUT2D eigenvalue weighted by atomic mass is 35.5. The third-order valence-electron chi connectivity index (χ3n) is 5.37. The van der Waals surface area contributed by atoms with E-state index in [1.54, 1.807) is 18.2 Å². The highest BCUT2D eigenvalue weighted by Gasteiger charge is 2.24. The number of halogens is 2. The number of aliphatic hydroxyl groups excluding tert-OH is 1.